The number of allylic oxidation sites excluding steroid dienone is 1. The Hall–Kier alpha value is -6.77. The van der Waals surface area contributed by atoms with Crippen LogP contribution in [0.2, 0.25) is 0 Å². The van der Waals surface area contributed by atoms with Crippen molar-refractivity contribution in [2.75, 3.05) is 23.8 Å². The molecular weight excluding hydrogens is 873 g/mol. The van der Waals surface area contributed by atoms with E-state index in [1.807, 2.05) is 26.0 Å². The van der Waals surface area contributed by atoms with Crippen LogP contribution >= 0.6 is 0 Å². The molecule has 5 amide bonds. The molecule has 0 spiro atoms. The number of aromatic nitrogens is 3. The van der Waals surface area contributed by atoms with E-state index < -0.39 is 23.8 Å². The first kappa shape index (κ1) is 48.7. The number of hydrogen-bond donors (Lipinski definition) is 4. The summed E-state index contributed by atoms with van der Waals surface area (Å²) in [5, 5.41) is 16.6. The first-order valence-corrected chi connectivity index (χ1v) is 25.0. The summed E-state index contributed by atoms with van der Waals surface area (Å²) < 4.78 is 13.3. The van der Waals surface area contributed by atoms with Crippen LogP contribution in [0, 0.1) is 13.8 Å². The van der Waals surface area contributed by atoms with Crippen molar-refractivity contribution in [3.63, 3.8) is 0 Å². The number of aryl methyl sites for hydroxylation is 4. The topological polar surface area (TPSA) is 189 Å². The molecular formula is C54H66N8O7. The van der Waals surface area contributed by atoms with E-state index in [4.69, 9.17) is 14.2 Å². The van der Waals surface area contributed by atoms with Gasteiger partial charge in [-0.1, -0.05) is 94.1 Å². The number of imidazole rings is 1. The Bertz CT molecular complexity index is 2640. The number of rotatable bonds is 23. The van der Waals surface area contributed by atoms with Gasteiger partial charge >= 0.3 is 0 Å². The molecule has 0 radical (unpaired) electrons. The molecule has 0 bridgehead atoms. The molecule has 5 aromatic rings. The van der Waals surface area contributed by atoms with Crippen molar-refractivity contribution in [1.82, 2.24) is 30.1 Å². The average molecular weight is 939 g/mol. The van der Waals surface area contributed by atoms with Gasteiger partial charge in [-0.2, -0.15) is 0 Å². The number of hydrogen-bond acceptors (Lipinski definition) is 10. The molecule has 15 nitrogen and oxygen atoms in total. The van der Waals surface area contributed by atoms with Crippen molar-refractivity contribution >= 4 is 46.7 Å². The fourth-order valence-electron chi connectivity index (χ4n) is 9.91. The highest BCUT2D eigenvalue weighted by atomic mass is 16.5. The van der Waals surface area contributed by atoms with Gasteiger partial charge in [-0.3, -0.25) is 33.3 Å². The van der Waals surface area contributed by atoms with Crippen molar-refractivity contribution in [1.29, 1.82) is 0 Å². The minimum atomic E-state index is -0.921. The zero-order valence-corrected chi connectivity index (χ0v) is 40.1. The fourth-order valence-corrected chi connectivity index (χ4v) is 9.91. The summed E-state index contributed by atoms with van der Waals surface area (Å²) in [6.07, 6.45) is 20.4. The number of fused-ring (bicyclic) bond motifs is 2. The van der Waals surface area contributed by atoms with E-state index >= 15 is 0 Å². The van der Waals surface area contributed by atoms with Crippen molar-refractivity contribution in [3.05, 3.63) is 107 Å². The van der Waals surface area contributed by atoms with Crippen LogP contribution in [-0.2, 0) is 27.2 Å². The summed E-state index contributed by atoms with van der Waals surface area (Å²) in [4.78, 5) is 70.4. The second-order valence-electron chi connectivity index (χ2n) is 18.9. The van der Waals surface area contributed by atoms with Gasteiger partial charge in [-0.15, -0.1) is 0 Å². The number of benzene rings is 2. The molecule has 3 aromatic heterocycles. The lowest BCUT2D eigenvalue weighted by Crippen LogP contribution is -2.51. The lowest BCUT2D eigenvalue weighted by atomic mass is 9.95. The Labute approximate surface area is 404 Å². The molecule has 1 unspecified atom stereocenters. The Morgan fingerprint density at radius 1 is 0.841 bits per heavy atom. The van der Waals surface area contributed by atoms with Gasteiger partial charge in [-0.25, -0.2) is 4.98 Å². The maximum atomic E-state index is 13.3. The zero-order valence-electron chi connectivity index (χ0n) is 40.1. The van der Waals surface area contributed by atoms with E-state index in [9.17, 15) is 24.0 Å². The van der Waals surface area contributed by atoms with E-state index in [2.05, 4.69) is 67.9 Å². The summed E-state index contributed by atoms with van der Waals surface area (Å²) in [6, 6.07) is 16.6. The molecule has 5 heterocycles. The monoisotopic (exact) mass is 939 g/mol. The van der Waals surface area contributed by atoms with Gasteiger partial charge in [0.2, 0.25) is 11.8 Å². The minimum absolute atomic E-state index is 0.0425. The van der Waals surface area contributed by atoms with Crippen LogP contribution in [-0.4, -0.2) is 74.2 Å². The first-order valence-electron chi connectivity index (χ1n) is 25.0. The van der Waals surface area contributed by atoms with Gasteiger partial charge < -0.3 is 30.5 Å². The lowest BCUT2D eigenvalue weighted by molar-refractivity contribution is -0.125. The molecule has 3 aliphatic rings. The van der Waals surface area contributed by atoms with Crippen molar-refractivity contribution in [2.45, 2.75) is 148 Å². The zero-order chi connectivity index (χ0) is 48.3. The van der Waals surface area contributed by atoms with Crippen molar-refractivity contribution < 1.29 is 33.2 Å². The number of anilines is 2. The molecule has 1 saturated heterocycles. The highest BCUT2D eigenvalue weighted by Crippen LogP contribution is 2.35. The summed E-state index contributed by atoms with van der Waals surface area (Å²) >= 11 is 0. The number of amides is 5. The molecule has 4 N–H and O–H groups in total. The number of unbranched alkanes of at least 4 members (excludes halogenated alkanes) is 8. The molecule has 15 heteroatoms. The summed E-state index contributed by atoms with van der Waals surface area (Å²) in [5.74, 6) is 0.162. The molecule has 1 saturated carbocycles. The van der Waals surface area contributed by atoms with E-state index in [0.717, 1.165) is 121 Å². The Morgan fingerprint density at radius 2 is 1.58 bits per heavy atom. The standard InChI is InChI=1S/C54H66N8O7/c1-35-22-29-44(52(65)56-35)62-53(66)42-19-16-20-45(50(42)54(62)67)68-34-48(64)55-31-15-10-8-6-4-5-7-9-14-21-47(63)57-41-26-23-38(24-27-41)25-28-43-51(58-40-17-12-11-13-18-40)61-32-30-39(33-46(61)59-43)49-36(2)60-69-37(49)3/h16,19-20,23-24,26-27,30,32-33,40,44,58H,1,4-15,17-18,21-22,25,28-29,31,34H2,2-3H3,(H,55,64)(H,56,65)(H,57,63). The first-order chi connectivity index (χ1) is 33.5. The maximum Gasteiger partial charge on any atom is 0.266 e. The number of piperidine rings is 1. The highest BCUT2D eigenvalue weighted by Gasteiger charge is 2.45. The number of nitrogens with one attached hydrogen (secondary N) is 4. The smallest absolute Gasteiger partial charge is 0.266 e. The van der Waals surface area contributed by atoms with Gasteiger partial charge in [0, 0.05) is 42.2 Å². The van der Waals surface area contributed by atoms with Crippen LogP contribution in [0.3, 0.4) is 0 Å². The molecule has 364 valence electrons. The maximum absolute atomic E-state index is 13.3. The second-order valence-corrected chi connectivity index (χ2v) is 18.9. The third-order valence-electron chi connectivity index (χ3n) is 13.7. The van der Waals surface area contributed by atoms with E-state index in [1.54, 1.807) is 12.1 Å². The van der Waals surface area contributed by atoms with E-state index in [1.165, 1.54) is 43.7 Å². The third kappa shape index (κ3) is 12.1. The second kappa shape index (κ2) is 23.0. The van der Waals surface area contributed by atoms with Crippen molar-refractivity contribution in [2.24, 2.45) is 0 Å². The third-order valence-corrected chi connectivity index (χ3v) is 13.7. The summed E-state index contributed by atoms with van der Waals surface area (Å²) in [7, 11) is 0. The molecule has 2 aliphatic heterocycles. The van der Waals surface area contributed by atoms with E-state index in [0.29, 0.717) is 37.5 Å². The SMILES string of the molecule is C=C1CCC(N2C(=O)c3cccc(OCC(=O)NCCCCCCCCCCCC(=O)Nc4ccc(CCc5nc6cc(-c7c(C)noc7C)ccn6c5NC5CCCCC5)cc4)c3C2=O)C(=O)N1. The normalized spacial score (nSPS) is 16.2. The van der Waals surface area contributed by atoms with Crippen LogP contribution in [0.25, 0.3) is 16.8 Å². The largest absolute Gasteiger partial charge is 0.483 e. The van der Waals surface area contributed by atoms with E-state index in [-0.39, 0.29) is 35.3 Å². The van der Waals surface area contributed by atoms with Gasteiger partial charge in [0.1, 0.15) is 29.0 Å². The molecule has 8 rings (SSSR count). The van der Waals surface area contributed by atoms with Crippen LogP contribution in [0.5, 0.6) is 5.75 Å². The Balaban J connectivity index is 0.675. The summed E-state index contributed by atoms with van der Waals surface area (Å²) in [6.45, 7) is 7.90. The minimum Gasteiger partial charge on any atom is -0.483 e. The predicted molar refractivity (Wildman–Crippen MR) is 265 cm³/mol. The molecule has 69 heavy (non-hydrogen) atoms. The average Bonchev–Trinajstić information content (AvgIpc) is 3.96. The highest BCUT2D eigenvalue weighted by molar-refractivity contribution is 6.24. The molecule has 2 aromatic carbocycles. The van der Waals surface area contributed by atoms with Crippen LogP contribution in [0.15, 0.2) is 77.6 Å². The van der Waals surface area contributed by atoms with Gasteiger partial charge in [0.15, 0.2) is 6.61 Å². The Kier molecular flexibility index (Phi) is 16.2. The molecule has 2 fully saturated rings. The van der Waals surface area contributed by atoms with Crippen LogP contribution < -0.4 is 26.0 Å². The van der Waals surface area contributed by atoms with Crippen LogP contribution in [0.4, 0.5) is 11.5 Å². The fraction of sp³-hybridized carbons (Fsp3) is 0.463. The van der Waals surface area contributed by atoms with Crippen molar-refractivity contribution in [3.8, 4) is 16.9 Å². The number of pyridine rings is 1. The predicted octanol–water partition coefficient (Wildman–Crippen LogP) is 9.56. The number of ether oxygens (including phenoxy) is 1. The lowest BCUT2D eigenvalue weighted by Gasteiger charge is -2.29. The van der Waals surface area contributed by atoms with Crippen LogP contribution in [0.1, 0.15) is 153 Å². The molecule has 1 atom stereocenters. The molecule has 1 aliphatic carbocycles. The summed E-state index contributed by atoms with van der Waals surface area (Å²) in [5.41, 5.74) is 7.70. The number of carbonyl (C=O) groups is 5. The quantitative estimate of drug-likeness (QED) is 0.0363. The number of nitrogens with zero attached hydrogens (tertiary/aromatic N) is 4. The number of imide groups is 1. The van der Waals surface area contributed by atoms with Gasteiger partial charge in [0.05, 0.1) is 22.5 Å². The Morgan fingerprint density at radius 3 is 2.30 bits per heavy atom. The van der Waals surface area contributed by atoms with Gasteiger partial charge in [-0.05, 0) is 113 Å². The number of carbonyl (C=O) groups excluding carboxylic acids is 5. The van der Waals surface area contributed by atoms with Gasteiger partial charge in [0.25, 0.3) is 17.7 Å².